The number of aromatic nitrogens is 1. The zero-order valence-corrected chi connectivity index (χ0v) is 17.4. The number of aliphatic imine (C=N–C) groups is 1. The predicted octanol–water partition coefficient (Wildman–Crippen LogP) is 3.51. The fourth-order valence-corrected chi connectivity index (χ4v) is 2.87. The summed E-state index contributed by atoms with van der Waals surface area (Å²) in [6.45, 7) is 6.15. The molecule has 0 aliphatic rings. The van der Waals surface area contributed by atoms with Crippen LogP contribution in [0.5, 0.6) is 0 Å². The predicted molar refractivity (Wildman–Crippen MR) is 111 cm³/mol. The highest BCUT2D eigenvalue weighted by atomic mass is 127. The van der Waals surface area contributed by atoms with E-state index in [2.05, 4.69) is 46.6 Å². The molecule has 0 saturated carbocycles. The molecule has 1 heterocycles. The average molecular weight is 460 g/mol. The third-order valence-corrected chi connectivity index (χ3v) is 4.19. The van der Waals surface area contributed by atoms with Gasteiger partial charge in [0.25, 0.3) is 0 Å². The Morgan fingerprint density at radius 2 is 2.04 bits per heavy atom. The molecule has 1 aromatic carbocycles. The second kappa shape index (κ2) is 11.4. The first-order valence-electron chi connectivity index (χ1n) is 7.74. The summed E-state index contributed by atoms with van der Waals surface area (Å²) in [5.41, 5.74) is 1.15. The quantitative estimate of drug-likeness (QED) is 0.377. The molecule has 7 heteroatoms. The zero-order valence-electron chi connectivity index (χ0n) is 14.3. The Bertz CT molecular complexity index is 618. The topological polar surface area (TPSA) is 58.5 Å². The van der Waals surface area contributed by atoms with Crippen molar-refractivity contribution >= 4 is 41.3 Å². The number of methoxy groups -OCH3 is 1. The van der Waals surface area contributed by atoms with Gasteiger partial charge < -0.3 is 15.4 Å². The SMILES string of the molecule is CCNC(=NCc1ncc(C)s1)NCC(OC)c1ccccc1.I. The van der Waals surface area contributed by atoms with Crippen LogP contribution < -0.4 is 10.6 Å². The summed E-state index contributed by atoms with van der Waals surface area (Å²) in [4.78, 5) is 10.1. The van der Waals surface area contributed by atoms with Gasteiger partial charge in [-0.1, -0.05) is 30.3 Å². The molecule has 24 heavy (non-hydrogen) atoms. The summed E-state index contributed by atoms with van der Waals surface area (Å²) in [7, 11) is 1.72. The van der Waals surface area contributed by atoms with Gasteiger partial charge in [0, 0.05) is 31.3 Å². The van der Waals surface area contributed by atoms with Crippen molar-refractivity contribution in [1.82, 2.24) is 15.6 Å². The van der Waals surface area contributed by atoms with E-state index in [9.17, 15) is 0 Å². The van der Waals surface area contributed by atoms with Gasteiger partial charge in [-0.15, -0.1) is 35.3 Å². The molecule has 132 valence electrons. The molecule has 0 spiro atoms. The van der Waals surface area contributed by atoms with Crippen molar-refractivity contribution in [3.05, 3.63) is 52.0 Å². The first-order chi connectivity index (χ1) is 11.2. The number of nitrogens with zero attached hydrogens (tertiary/aromatic N) is 2. The Hall–Kier alpha value is -1.19. The van der Waals surface area contributed by atoms with E-state index in [0.29, 0.717) is 13.1 Å². The van der Waals surface area contributed by atoms with E-state index in [0.717, 1.165) is 23.1 Å². The van der Waals surface area contributed by atoms with Crippen LogP contribution in [-0.2, 0) is 11.3 Å². The smallest absolute Gasteiger partial charge is 0.191 e. The summed E-state index contributed by atoms with van der Waals surface area (Å²) >= 11 is 1.68. The fraction of sp³-hybridized carbons (Fsp3) is 0.412. The van der Waals surface area contributed by atoms with Crippen molar-refractivity contribution in [2.45, 2.75) is 26.5 Å². The normalized spacial score (nSPS) is 12.4. The lowest BCUT2D eigenvalue weighted by Gasteiger charge is -2.18. The van der Waals surface area contributed by atoms with Crippen molar-refractivity contribution < 1.29 is 4.74 Å². The second-order valence-electron chi connectivity index (χ2n) is 5.08. The monoisotopic (exact) mass is 460 g/mol. The summed E-state index contributed by atoms with van der Waals surface area (Å²) < 4.78 is 5.58. The Labute approximate surface area is 165 Å². The van der Waals surface area contributed by atoms with Gasteiger partial charge >= 0.3 is 0 Å². The Kier molecular flexibility index (Phi) is 9.89. The molecule has 0 radical (unpaired) electrons. The lowest BCUT2D eigenvalue weighted by molar-refractivity contribution is 0.106. The third-order valence-electron chi connectivity index (χ3n) is 3.30. The Balaban J connectivity index is 0.00000288. The molecule has 2 rings (SSSR count). The summed E-state index contributed by atoms with van der Waals surface area (Å²) in [6, 6.07) is 10.2. The number of benzene rings is 1. The molecule has 2 N–H and O–H groups in total. The maximum atomic E-state index is 5.58. The van der Waals surface area contributed by atoms with Crippen LogP contribution in [0.2, 0.25) is 0 Å². The van der Waals surface area contributed by atoms with E-state index in [1.54, 1.807) is 18.4 Å². The number of hydrogen-bond donors (Lipinski definition) is 2. The number of aryl methyl sites for hydroxylation is 1. The summed E-state index contributed by atoms with van der Waals surface area (Å²) in [6.07, 6.45) is 1.87. The number of guanidine groups is 1. The van der Waals surface area contributed by atoms with E-state index in [1.165, 1.54) is 4.88 Å². The van der Waals surface area contributed by atoms with Gasteiger partial charge in [-0.05, 0) is 19.4 Å². The van der Waals surface area contributed by atoms with E-state index >= 15 is 0 Å². The maximum absolute atomic E-state index is 5.58. The summed E-state index contributed by atoms with van der Waals surface area (Å²) in [5.74, 6) is 0.776. The Morgan fingerprint density at radius 1 is 1.29 bits per heavy atom. The first kappa shape index (κ1) is 20.9. The van der Waals surface area contributed by atoms with Gasteiger partial charge in [0.1, 0.15) is 5.01 Å². The first-order valence-corrected chi connectivity index (χ1v) is 8.55. The standard InChI is InChI=1S/C17H24N4OS.HI/c1-4-18-17(21-12-16-19-10-13(2)23-16)20-11-15(22-3)14-8-6-5-7-9-14;/h5-10,15H,4,11-12H2,1-3H3,(H2,18,20,21);1H. The minimum absolute atomic E-state index is 0. The van der Waals surface area contributed by atoms with Crippen molar-refractivity contribution in [1.29, 1.82) is 0 Å². The lowest BCUT2D eigenvalue weighted by Crippen LogP contribution is -2.39. The molecule has 0 bridgehead atoms. The Morgan fingerprint density at radius 3 is 2.62 bits per heavy atom. The van der Waals surface area contributed by atoms with Gasteiger partial charge in [-0.3, -0.25) is 0 Å². The highest BCUT2D eigenvalue weighted by Gasteiger charge is 2.10. The minimum Gasteiger partial charge on any atom is -0.375 e. The van der Waals surface area contributed by atoms with E-state index in [4.69, 9.17) is 4.74 Å². The molecule has 0 aliphatic heterocycles. The van der Waals surface area contributed by atoms with Crippen LogP contribution in [0.25, 0.3) is 0 Å². The number of ether oxygens (including phenoxy) is 1. The van der Waals surface area contributed by atoms with Gasteiger partial charge in [0.05, 0.1) is 12.6 Å². The van der Waals surface area contributed by atoms with Crippen molar-refractivity contribution in [3.8, 4) is 0 Å². The molecule has 5 nitrogen and oxygen atoms in total. The molecule has 0 amide bonds. The molecule has 1 aromatic heterocycles. The van der Waals surface area contributed by atoms with Crippen LogP contribution in [0.1, 0.15) is 28.5 Å². The molecule has 1 unspecified atom stereocenters. The summed E-state index contributed by atoms with van der Waals surface area (Å²) in [5, 5.41) is 7.61. The molecular weight excluding hydrogens is 435 g/mol. The van der Waals surface area contributed by atoms with Crippen molar-refractivity contribution in [2.75, 3.05) is 20.2 Å². The van der Waals surface area contributed by atoms with Crippen LogP contribution in [0.15, 0.2) is 41.5 Å². The van der Waals surface area contributed by atoms with Gasteiger partial charge in [-0.2, -0.15) is 0 Å². The number of hydrogen-bond acceptors (Lipinski definition) is 4. The molecular formula is C17H25IN4OS. The van der Waals surface area contributed by atoms with Crippen LogP contribution >= 0.6 is 35.3 Å². The highest BCUT2D eigenvalue weighted by molar-refractivity contribution is 14.0. The number of thiazole rings is 1. The lowest BCUT2D eigenvalue weighted by atomic mass is 10.1. The largest absolute Gasteiger partial charge is 0.375 e. The van der Waals surface area contributed by atoms with E-state index in [-0.39, 0.29) is 30.1 Å². The van der Waals surface area contributed by atoms with Crippen LogP contribution in [0.4, 0.5) is 0 Å². The van der Waals surface area contributed by atoms with Crippen LogP contribution in [0, 0.1) is 6.92 Å². The molecule has 0 aliphatic carbocycles. The average Bonchev–Trinajstić information content (AvgIpc) is 2.99. The molecule has 2 aromatic rings. The van der Waals surface area contributed by atoms with Crippen LogP contribution in [-0.4, -0.2) is 31.1 Å². The maximum Gasteiger partial charge on any atom is 0.191 e. The van der Waals surface area contributed by atoms with E-state index in [1.807, 2.05) is 24.4 Å². The van der Waals surface area contributed by atoms with Gasteiger partial charge in [-0.25, -0.2) is 9.98 Å². The molecule has 0 saturated heterocycles. The molecule has 1 atom stereocenters. The van der Waals surface area contributed by atoms with Crippen molar-refractivity contribution in [3.63, 3.8) is 0 Å². The fourth-order valence-electron chi connectivity index (χ4n) is 2.16. The number of halogens is 1. The van der Waals surface area contributed by atoms with Crippen molar-refractivity contribution in [2.24, 2.45) is 4.99 Å². The molecule has 0 fully saturated rings. The number of nitrogens with one attached hydrogen (secondary N) is 2. The second-order valence-corrected chi connectivity index (χ2v) is 6.40. The minimum atomic E-state index is -0.0119. The van der Waals surface area contributed by atoms with Gasteiger partial charge in [0.2, 0.25) is 0 Å². The van der Waals surface area contributed by atoms with E-state index < -0.39 is 0 Å². The number of rotatable bonds is 7. The third kappa shape index (κ3) is 6.74. The van der Waals surface area contributed by atoms with Gasteiger partial charge in [0.15, 0.2) is 5.96 Å². The highest BCUT2D eigenvalue weighted by Crippen LogP contribution is 2.15. The zero-order chi connectivity index (χ0) is 16.5. The van der Waals surface area contributed by atoms with Crippen LogP contribution in [0.3, 0.4) is 0 Å².